The molecule has 1 amide bonds. The predicted molar refractivity (Wildman–Crippen MR) is 88.6 cm³/mol. The molecule has 2 N–H and O–H groups in total. The van der Waals surface area contributed by atoms with E-state index in [1.807, 2.05) is 16.9 Å². The van der Waals surface area contributed by atoms with Crippen LogP contribution in [-0.2, 0) is 0 Å². The van der Waals surface area contributed by atoms with E-state index in [4.69, 9.17) is 0 Å². The number of carbonyl (C=O) groups is 1. The van der Waals surface area contributed by atoms with Crippen LogP contribution < -0.4 is 10.6 Å². The van der Waals surface area contributed by atoms with Crippen LogP contribution in [-0.4, -0.2) is 59.9 Å². The Hall–Kier alpha value is -1.11. The van der Waals surface area contributed by atoms with Crippen molar-refractivity contribution >= 4 is 18.3 Å². The highest BCUT2D eigenvalue weighted by Gasteiger charge is 2.21. The number of piperidine rings is 2. The Kier molecular flexibility index (Phi) is 6.23. The summed E-state index contributed by atoms with van der Waals surface area (Å²) in [5, 5.41) is 11.0. The molecule has 0 aliphatic carbocycles. The molecule has 0 radical (unpaired) electrons. The van der Waals surface area contributed by atoms with Crippen molar-refractivity contribution in [2.45, 2.75) is 37.8 Å². The molecule has 1 unspecified atom stereocenters. The van der Waals surface area contributed by atoms with Gasteiger partial charge in [-0.05, 0) is 58.4 Å². The monoisotopic (exact) mass is 327 g/mol. The molecule has 7 heteroatoms. The summed E-state index contributed by atoms with van der Waals surface area (Å²) in [6.07, 6.45) is 6.28. The van der Waals surface area contributed by atoms with Gasteiger partial charge >= 0.3 is 0 Å². The van der Waals surface area contributed by atoms with Crippen molar-refractivity contribution in [2.75, 3.05) is 33.2 Å². The van der Waals surface area contributed by atoms with Crippen molar-refractivity contribution in [1.29, 1.82) is 0 Å². The number of hydrogen-bond acceptors (Lipinski definition) is 4. The van der Waals surface area contributed by atoms with Crippen LogP contribution in [0.2, 0.25) is 0 Å². The zero-order chi connectivity index (χ0) is 14.7. The Labute approximate surface area is 138 Å². The first kappa shape index (κ1) is 17.2. The molecule has 1 aromatic rings. The summed E-state index contributed by atoms with van der Waals surface area (Å²) in [5.74, 6) is -0.0351. The molecule has 124 valence electrons. The lowest BCUT2D eigenvalue weighted by Crippen LogP contribution is -2.43. The minimum atomic E-state index is -0.0351. The summed E-state index contributed by atoms with van der Waals surface area (Å²) in [7, 11) is 2.12. The fourth-order valence-electron chi connectivity index (χ4n) is 3.13. The van der Waals surface area contributed by atoms with Gasteiger partial charge in [0.1, 0.15) is 5.69 Å². The quantitative estimate of drug-likeness (QED) is 0.871. The van der Waals surface area contributed by atoms with Crippen molar-refractivity contribution in [3.8, 4) is 0 Å². The van der Waals surface area contributed by atoms with Gasteiger partial charge < -0.3 is 15.5 Å². The Morgan fingerprint density at radius 2 is 2.14 bits per heavy atom. The average molecular weight is 328 g/mol. The zero-order valence-corrected chi connectivity index (χ0v) is 13.9. The lowest BCUT2D eigenvalue weighted by atomic mass is 10.1. The lowest BCUT2D eigenvalue weighted by molar-refractivity contribution is 0.0910. The van der Waals surface area contributed by atoms with E-state index in [9.17, 15) is 4.79 Å². The molecule has 0 bridgehead atoms. The van der Waals surface area contributed by atoms with Crippen molar-refractivity contribution < 1.29 is 4.79 Å². The van der Waals surface area contributed by atoms with E-state index < -0.39 is 0 Å². The molecule has 0 aromatic carbocycles. The van der Waals surface area contributed by atoms with Crippen LogP contribution in [0.5, 0.6) is 0 Å². The molecule has 2 fully saturated rings. The van der Waals surface area contributed by atoms with Crippen molar-refractivity contribution in [3.05, 3.63) is 18.0 Å². The second kappa shape index (κ2) is 7.94. The van der Waals surface area contributed by atoms with E-state index in [-0.39, 0.29) is 24.4 Å². The van der Waals surface area contributed by atoms with Gasteiger partial charge in [-0.1, -0.05) is 0 Å². The Balaban J connectivity index is 0.00000176. The highest BCUT2D eigenvalue weighted by molar-refractivity contribution is 5.92. The summed E-state index contributed by atoms with van der Waals surface area (Å²) < 4.78 is 1.94. The van der Waals surface area contributed by atoms with Crippen molar-refractivity contribution in [1.82, 2.24) is 25.3 Å². The summed E-state index contributed by atoms with van der Waals surface area (Å²) in [6, 6.07) is 2.50. The number of halogens is 1. The number of hydrogen-bond donors (Lipinski definition) is 2. The first-order valence-electron chi connectivity index (χ1n) is 7.97. The van der Waals surface area contributed by atoms with Crippen molar-refractivity contribution in [3.63, 3.8) is 0 Å². The molecule has 1 aromatic heterocycles. The first-order valence-corrected chi connectivity index (χ1v) is 7.97. The van der Waals surface area contributed by atoms with E-state index in [2.05, 4.69) is 27.7 Å². The van der Waals surface area contributed by atoms with Gasteiger partial charge in [0, 0.05) is 18.8 Å². The maximum atomic E-state index is 12.3. The number of aromatic nitrogens is 2. The van der Waals surface area contributed by atoms with Crippen LogP contribution in [0.25, 0.3) is 0 Å². The number of carbonyl (C=O) groups excluding carboxylic acids is 1. The van der Waals surface area contributed by atoms with E-state index in [1.165, 1.54) is 6.42 Å². The molecule has 3 rings (SSSR count). The molecule has 2 aliphatic heterocycles. The maximum absolute atomic E-state index is 12.3. The zero-order valence-electron chi connectivity index (χ0n) is 13.1. The third-order valence-corrected chi connectivity index (χ3v) is 4.54. The predicted octanol–water partition coefficient (Wildman–Crippen LogP) is 1.05. The minimum Gasteiger partial charge on any atom is -0.348 e. The number of likely N-dealkylation sites (tertiary alicyclic amines) is 1. The number of nitrogens with zero attached hydrogens (tertiary/aromatic N) is 3. The molecular formula is C15H26ClN5O. The van der Waals surface area contributed by atoms with E-state index in [1.54, 1.807) is 0 Å². The first-order chi connectivity index (χ1) is 10.2. The van der Waals surface area contributed by atoms with Crippen LogP contribution in [0.3, 0.4) is 0 Å². The van der Waals surface area contributed by atoms with Gasteiger partial charge in [-0.3, -0.25) is 9.48 Å². The summed E-state index contributed by atoms with van der Waals surface area (Å²) in [4.78, 5) is 14.6. The molecule has 1 atom stereocenters. The number of nitrogens with one attached hydrogen (secondary N) is 2. The maximum Gasteiger partial charge on any atom is 0.271 e. The normalized spacial score (nSPS) is 23.8. The summed E-state index contributed by atoms with van der Waals surface area (Å²) >= 11 is 0. The van der Waals surface area contributed by atoms with Crippen LogP contribution in [0.1, 0.15) is 42.2 Å². The second-order valence-corrected chi connectivity index (χ2v) is 6.23. The Morgan fingerprint density at radius 3 is 2.82 bits per heavy atom. The fourth-order valence-corrected chi connectivity index (χ4v) is 3.13. The molecule has 3 heterocycles. The van der Waals surface area contributed by atoms with Crippen LogP contribution in [0.4, 0.5) is 0 Å². The molecule has 0 spiro atoms. The van der Waals surface area contributed by atoms with Gasteiger partial charge in [0.05, 0.1) is 6.04 Å². The topological polar surface area (TPSA) is 62.2 Å². The van der Waals surface area contributed by atoms with Gasteiger partial charge in [0.25, 0.3) is 5.91 Å². The summed E-state index contributed by atoms with van der Waals surface area (Å²) in [6.45, 7) is 4.12. The largest absolute Gasteiger partial charge is 0.348 e. The van der Waals surface area contributed by atoms with Crippen molar-refractivity contribution in [2.24, 2.45) is 0 Å². The Morgan fingerprint density at radius 1 is 1.36 bits per heavy atom. The van der Waals surface area contributed by atoms with E-state index in [0.717, 1.165) is 45.4 Å². The molecule has 6 nitrogen and oxygen atoms in total. The smallest absolute Gasteiger partial charge is 0.271 e. The molecule has 2 aliphatic rings. The standard InChI is InChI=1S/C15H25N5O.ClH/c1-19-8-4-12(5-9-19)17-15(21)14-6-10-20(18-14)13-3-2-7-16-11-13;/h6,10,12-13,16H,2-5,7-9,11H2,1H3,(H,17,21);1H. The molecular weight excluding hydrogens is 302 g/mol. The van der Waals surface area contributed by atoms with Gasteiger partial charge in [0.2, 0.25) is 0 Å². The van der Waals surface area contributed by atoms with Gasteiger partial charge in [-0.2, -0.15) is 5.10 Å². The fraction of sp³-hybridized carbons (Fsp3) is 0.733. The average Bonchev–Trinajstić information content (AvgIpc) is 3.00. The molecule has 22 heavy (non-hydrogen) atoms. The van der Waals surface area contributed by atoms with Crippen LogP contribution >= 0.6 is 12.4 Å². The van der Waals surface area contributed by atoms with Gasteiger partial charge in [-0.25, -0.2) is 0 Å². The number of amides is 1. The van der Waals surface area contributed by atoms with Crippen LogP contribution in [0.15, 0.2) is 12.3 Å². The Bertz CT molecular complexity index is 478. The van der Waals surface area contributed by atoms with E-state index >= 15 is 0 Å². The third kappa shape index (κ3) is 4.21. The summed E-state index contributed by atoms with van der Waals surface area (Å²) in [5.41, 5.74) is 0.541. The van der Waals surface area contributed by atoms with Crippen LogP contribution in [0, 0.1) is 0 Å². The molecule has 2 saturated heterocycles. The number of rotatable bonds is 3. The molecule has 0 saturated carbocycles. The highest BCUT2D eigenvalue weighted by Crippen LogP contribution is 2.16. The third-order valence-electron chi connectivity index (χ3n) is 4.54. The SMILES string of the molecule is CN1CCC(NC(=O)c2ccn(C3CCCNC3)n2)CC1.Cl. The lowest BCUT2D eigenvalue weighted by Gasteiger charge is -2.29. The minimum absolute atomic E-state index is 0. The van der Waals surface area contributed by atoms with Gasteiger partial charge in [0.15, 0.2) is 0 Å². The highest BCUT2D eigenvalue weighted by atomic mass is 35.5. The van der Waals surface area contributed by atoms with Gasteiger partial charge in [-0.15, -0.1) is 12.4 Å². The second-order valence-electron chi connectivity index (χ2n) is 6.23. The van der Waals surface area contributed by atoms with E-state index in [0.29, 0.717) is 11.7 Å².